The van der Waals surface area contributed by atoms with Crippen LogP contribution in [0, 0.1) is 5.92 Å². The van der Waals surface area contributed by atoms with Gasteiger partial charge in [-0.05, 0) is 37.5 Å². The van der Waals surface area contributed by atoms with Crippen LogP contribution in [0.2, 0.25) is 0 Å². The number of ether oxygens (including phenoxy) is 2. The number of H-pyrrole nitrogens is 1. The molecule has 1 fully saturated rings. The van der Waals surface area contributed by atoms with Crippen LogP contribution in [0.25, 0.3) is 11.3 Å². The smallest absolute Gasteiger partial charge is 0.227 e. The third-order valence-electron chi connectivity index (χ3n) is 4.98. The lowest BCUT2D eigenvalue weighted by atomic mass is 10.0. The standard InChI is InChI=1S/C20H27N3O3/c1-4-7-16-19(21-20(24)13-8-5-6-9-13)18(23-22-16)15-12-14(25-2)10-11-17(15)26-3/h10-13H,4-9H2,1-3H3,(H,21,24)(H,22,23). The molecule has 26 heavy (non-hydrogen) atoms. The van der Waals surface area contributed by atoms with E-state index in [0.717, 1.165) is 55.5 Å². The molecule has 1 aromatic heterocycles. The maximum atomic E-state index is 12.7. The van der Waals surface area contributed by atoms with Crippen molar-refractivity contribution >= 4 is 11.6 Å². The fourth-order valence-electron chi connectivity index (χ4n) is 3.55. The quantitative estimate of drug-likeness (QED) is 0.779. The molecule has 0 bridgehead atoms. The Labute approximate surface area is 154 Å². The van der Waals surface area contributed by atoms with Gasteiger partial charge in [0.15, 0.2) is 0 Å². The van der Waals surface area contributed by atoms with Crippen LogP contribution in [0.1, 0.15) is 44.7 Å². The molecular weight excluding hydrogens is 330 g/mol. The van der Waals surface area contributed by atoms with Crippen molar-refractivity contribution in [2.45, 2.75) is 45.4 Å². The molecule has 3 rings (SSSR count). The Morgan fingerprint density at radius 3 is 2.69 bits per heavy atom. The van der Waals surface area contributed by atoms with Crippen LogP contribution in [0.3, 0.4) is 0 Å². The first kappa shape index (κ1) is 18.3. The summed E-state index contributed by atoms with van der Waals surface area (Å²) in [6.45, 7) is 2.11. The molecule has 0 spiro atoms. The average molecular weight is 357 g/mol. The molecule has 0 unspecified atom stereocenters. The zero-order valence-electron chi connectivity index (χ0n) is 15.7. The third-order valence-corrected chi connectivity index (χ3v) is 4.98. The molecular formula is C20H27N3O3. The molecule has 1 aliphatic carbocycles. The largest absolute Gasteiger partial charge is 0.497 e. The van der Waals surface area contributed by atoms with E-state index in [1.807, 2.05) is 18.2 Å². The molecule has 1 heterocycles. The molecule has 1 amide bonds. The summed E-state index contributed by atoms with van der Waals surface area (Å²) in [6.07, 6.45) is 5.96. The Balaban J connectivity index is 2.00. The lowest BCUT2D eigenvalue weighted by Gasteiger charge is -2.14. The van der Waals surface area contributed by atoms with E-state index >= 15 is 0 Å². The van der Waals surface area contributed by atoms with Crippen LogP contribution in [0.5, 0.6) is 11.5 Å². The molecule has 0 saturated heterocycles. The number of hydrogen-bond acceptors (Lipinski definition) is 4. The maximum Gasteiger partial charge on any atom is 0.227 e. The molecule has 0 radical (unpaired) electrons. The van der Waals surface area contributed by atoms with Gasteiger partial charge in [0.05, 0.1) is 25.6 Å². The van der Waals surface area contributed by atoms with Gasteiger partial charge < -0.3 is 14.8 Å². The van der Waals surface area contributed by atoms with Crippen molar-refractivity contribution in [3.63, 3.8) is 0 Å². The summed E-state index contributed by atoms with van der Waals surface area (Å²) in [5.74, 6) is 1.59. The maximum absolute atomic E-state index is 12.7. The van der Waals surface area contributed by atoms with Crippen molar-refractivity contribution in [3.8, 4) is 22.8 Å². The Hall–Kier alpha value is -2.50. The molecule has 6 heteroatoms. The van der Waals surface area contributed by atoms with E-state index in [0.29, 0.717) is 17.2 Å². The first-order valence-corrected chi connectivity index (χ1v) is 9.28. The van der Waals surface area contributed by atoms with Gasteiger partial charge in [-0.2, -0.15) is 5.10 Å². The van der Waals surface area contributed by atoms with Gasteiger partial charge in [-0.1, -0.05) is 26.2 Å². The summed E-state index contributed by atoms with van der Waals surface area (Å²) in [4.78, 5) is 12.7. The molecule has 0 aliphatic heterocycles. The Morgan fingerprint density at radius 2 is 2.04 bits per heavy atom. The number of rotatable bonds is 7. The second-order valence-electron chi connectivity index (χ2n) is 6.71. The Bertz CT molecular complexity index is 764. The van der Waals surface area contributed by atoms with Gasteiger partial charge in [0.25, 0.3) is 0 Å². The molecule has 1 aliphatic rings. The molecule has 6 nitrogen and oxygen atoms in total. The highest BCUT2D eigenvalue weighted by molar-refractivity contribution is 5.97. The van der Waals surface area contributed by atoms with Crippen molar-refractivity contribution in [1.82, 2.24) is 10.2 Å². The van der Waals surface area contributed by atoms with Gasteiger partial charge in [-0.3, -0.25) is 9.89 Å². The minimum Gasteiger partial charge on any atom is -0.497 e. The predicted octanol–water partition coefficient (Wildman–Crippen LogP) is 4.18. The van der Waals surface area contributed by atoms with Crippen LogP contribution >= 0.6 is 0 Å². The highest BCUT2D eigenvalue weighted by atomic mass is 16.5. The van der Waals surface area contributed by atoms with Crippen LogP contribution in [-0.4, -0.2) is 30.3 Å². The van der Waals surface area contributed by atoms with Crippen molar-refractivity contribution in [3.05, 3.63) is 23.9 Å². The topological polar surface area (TPSA) is 76.2 Å². The highest BCUT2D eigenvalue weighted by Gasteiger charge is 2.26. The number of aromatic amines is 1. The number of amides is 1. The minimum atomic E-state index is 0.0874. The molecule has 140 valence electrons. The number of carbonyl (C=O) groups is 1. The fraction of sp³-hybridized carbons (Fsp3) is 0.500. The number of carbonyl (C=O) groups excluding carboxylic acids is 1. The summed E-state index contributed by atoms with van der Waals surface area (Å²) < 4.78 is 10.9. The van der Waals surface area contributed by atoms with E-state index in [-0.39, 0.29) is 11.8 Å². The zero-order chi connectivity index (χ0) is 18.5. The number of hydrogen-bond donors (Lipinski definition) is 2. The first-order valence-electron chi connectivity index (χ1n) is 9.28. The monoisotopic (exact) mass is 357 g/mol. The zero-order valence-corrected chi connectivity index (χ0v) is 15.7. The Kier molecular flexibility index (Phi) is 5.81. The van der Waals surface area contributed by atoms with Crippen LogP contribution in [-0.2, 0) is 11.2 Å². The minimum absolute atomic E-state index is 0.0874. The summed E-state index contributed by atoms with van der Waals surface area (Å²) in [6, 6.07) is 5.58. The number of nitrogens with one attached hydrogen (secondary N) is 2. The van der Waals surface area contributed by atoms with Crippen molar-refractivity contribution < 1.29 is 14.3 Å². The van der Waals surface area contributed by atoms with Gasteiger partial charge >= 0.3 is 0 Å². The second kappa shape index (κ2) is 8.25. The number of anilines is 1. The highest BCUT2D eigenvalue weighted by Crippen LogP contribution is 2.38. The second-order valence-corrected chi connectivity index (χ2v) is 6.71. The molecule has 1 saturated carbocycles. The van der Waals surface area contributed by atoms with E-state index in [4.69, 9.17) is 9.47 Å². The summed E-state index contributed by atoms with van der Waals surface area (Å²) >= 11 is 0. The number of aromatic nitrogens is 2. The van der Waals surface area contributed by atoms with Crippen molar-refractivity contribution in [2.75, 3.05) is 19.5 Å². The molecule has 1 aromatic carbocycles. The number of aryl methyl sites for hydroxylation is 1. The van der Waals surface area contributed by atoms with E-state index < -0.39 is 0 Å². The lowest BCUT2D eigenvalue weighted by Crippen LogP contribution is -2.21. The van der Waals surface area contributed by atoms with Crippen LogP contribution < -0.4 is 14.8 Å². The predicted molar refractivity (Wildman–Crippen MR) is 102 cm³/mol. The van der Waals surface area contributed by atoms with Crippen molar-refractivity contribution in [2.24, 2.45) is 5.92 Å². The molecule has 2 N–H and O–H groups in total. The third kappa shape index (κ3) is 3.69. The lowest BCUT2D eigenvalue weighted by molar-refractivity contribution is -0.119. The Morgan fingerprint density at radius 1 is 1.27 bits per heavy atom. The normalized spacial score (nSPS) is 14.4. The van der Waals surface area contributed by atoms with Gasteiger partial charge in [0.1, 0.15) is 17.2 Å². The summed E-state index contributed by atoms with van der Waals surface area (Å²) in [5, 5.41) is 10.7. The summed E-state index contributed by atoms with van der Waals surface area (Å²) in [5.41, 5.74) is 3.19. The SMILES string of the molecule is CCCc1[nH]nc(-c2cc(OC)ccc2OC)c1NC(=O)C1CCCC1. The van der Waals surface area contributed by atoms with E-state index in [1.165, 1.54) is 0 Å². The van der Waals surface area contributed by atoms with Gasteiger partial charge in [0.2, 0.25) is 5.91 Å². The summed E-state index contributed by atoms with van der Waals surface area (Å²) in [7, 11) is 3.25. The first-order chi connectivity index (χ1) is 12.7. The molecule has 2 aromatic rings. The molecule has 0 atom stereocenters. The van der Waals surface area contributed by atoms with E-state index in [1.54, 1.807) is 14.2 Å². The van der Waals surface area contributed by atoms with Crippen LogP contribution in [0.4, 0.5) is 5.69 Å². The van der Waals surface area contributed by atoms with E-state index in [9.17, 15) is 4.79 Å². The fourth-order valence-corrected chi connectivity index (χ4v) is 3.55. The van der Waals surface area contributed by atoms with Crippen LogP contribution in [0.15, 0.2) is 18.2 Å². The van der Waals surface area contributed by atoms with Crippen molar-refractivity contribution in [1.29, 1.82) is 0 Å². The average Bonchev–Trinajstić information content (AvgIpc) is 3.32. The van der Waals surface area contributed by atoms with E-state index in [2.05, 4.69) is 22.4 Å². The number of nitrogens with zero attached hydrogens (tertiary/aromatic N) is 1. The van der Waals surface area contributed by atoms with Gasteiger partial charge in [-0.15, -0.1) is 0 Å². The number of benzene rings is 1. The van der Waals surface area contributed by atoms with Gasteiger partial charge in [0, 0.05) is 11.5 Å². The van der Waals surface area contributed by atoms with Gasteiger partial charge in [-0.25, -0.2) is 0 Å². The number of methoxy groups -OCH3 is 2.